The maximum Gasteiger partial charge on any atom is 0.246 e. The summed E-state index contributed by atoms with van der Waals surface area (Å²) in [6.07, 6.45) is 0.401. The number of hydrogen-bond acceptors (Lipinski definition) is 4. The first kappa shape index (κ1) is 9.61. The fraction of sp³-hybridized carbons (Fsp3) is 0.778. The quantitative estimate of drug-likeness (QED) is 0.487. The molecule has 2 saturated heterocycles. The highest BCUT2D eigenvalue weighted by Gasteiger charge is 2.48. The van der Waals surface area contributed by atoms with E-state index in [4.69, 9.17) is 5.73 Å². The minimum Gasteiger partial charge on any atom is -0.326 e. The fourth-order valence-electron chi connectivity index (χ4n) is 2.44. The van der Waals surface area contributed by atoms with Crippen LogP contribution >= 0.6 is 0 Å². The summed E-state index contributed by atoms with van der Waals surface area (Å²) in [5.41, 5.74) is 5.89. The zero-order chi connectivity index (χ0) is 10.5. The lowest BCUT2D eigenvalue weighted by Gasteiger charge is -2.33. The first-order valence-electron chi connectivity index (χ1n) is 4.78. The molecule has 2 aliphatic heterocycles. The van der Waals surface area contributed by atoms with Crippen molar-refractivity contribution < 1.29 is 9.59 Å². The lowest BCUT2D eigenvalue weighted by molar-refractivity contribution is -0.151. The van der Waals surface area contributed by atoms with E-state index in [1.54, 1.807) is 7.05 Å². The number of carbonyl (C=O) groups excluding carboxylic acids is 2. The third-order valence-corrected chi connectivity index (χ3v) is 3.30. The summed E-state index contributed by atoms with van der Waals surface area (Å²) in [5, 5.41) is 0. The van der Waals surface area contributed by atoms with Crippen molar-refractivity contribution in [1.29, 1.82) is 0 Å². The summed E-state index contributed by atoms with van der Waals surface area (Å²) in [5.74, 6) is -0.208. The standard InChI is InChI=1S/C9H15N3O2/c1-11-4-6(10)5-3-7(13)12(2)9(14)8(5)11/h5-6,8H,3-4,10H2,1-2H3. The van der Waals surface area contributed by atoms with Crippen molar-refractivity contribution in [2.75, 3.05) is 20.6 Å². The number of rotatable bonds is 0. The smallest absolute Gasteiger partial charge is 0.246 e. The molecule has 2 heterocycles. The predicted molar refractivity (Wildman–Crippen MR) is 50.3 cm³/mol. The number of likely N-dealkylation sites (N-methyl/N-ethyl adjacent to an activating group) is 2. The summed E-state index contributed by atoms with van der Waals surface area (Å²) < 4.78 is 0. The van der Waals surface area contributed by atoms with E-state index in [2.05, 4.69) is 0 Å². The molecule has 78 valence electrons. The van der Waals surface area contributed by atoms with Crippen LogP contribution in [0.15, 0.2) is 0 Å². The highest BCUT2D eigenvalue weighted by atomic mass is 16.2. The van der Waals surface area contributed by atoms with Crippen LogP contribution in [-0.2, 0) is 9.59 Å². The van der Waals surface area contributed by atoms with Crippen molar-refractivity contribution in [3.63, 3.8) is 0 Å². The van der Waals surface area contributed by atoms with Crippen molar-refractivity contribution in [2.24, 2.45) is 11.7 Å². The molecule has 3 atom stereocenters. The van der Waals surface area contributed by atoms with Gasteiger partial charge in [-0.15, -0.1) is 0 Å². The number of imide groups is 1. The molecule has 3 unspecified atom stereocenters. The number of fused-ring (bicyclic) bond motifs is 1. The molecule has 2 aliphatic rings. The Morgan fingerprint density at radius 3 is 2.64 bits per heavy atom. The first-order valence-corrected chi connectivity index (χ1v) is 4.78. The summed E-state index contributed by atoms with van der Waals surface area (Å²) >= 11 is 0. The molecule has 5 nitrogen and oxygen atoms in total. The molecule has 0 radical (unpaired) electrons. The topological polar surface area (TPSA) is 66.6 Å². The van der Waals surface area contributed by atoms with Crippen molar-refractivity contribution in [2.45, 2.75) is 18.5 Å². The van der Waals surface area contributed by atoms with E-state index in [1.807, 2.05) is 11.9 Å². The van der Waals surface area contributed by atoms with Crippen LogP contribution in [-0.4, -0.2) is 54.3 Å². The number of amides is 2. The van der Waals surface area contributed by atoms with Crippen LogP contribution < -0.4 is 5.73 Å². The third-order valence-electron chi connectivity index (χ3n) is 3.30. The van der Waals surface area contributed by atoms with E-state index >= 15 is 0 Å². The Morgan fingerprint density at radius 1 is 1.36 bits per heavy atom. The zero-order valence-electron chi connectivity index (χ0n) is 8.43. The molecule has 5 heteroatoms. The molecular formula is C9H15N3O2. The van der Waals surface area contributed by atoms with Crippen molar-refractivity contribution >= 4 is 11.8 Å². The average molecular weight is 197 g/mol. The van der Waals surface area contributed by atoms with Gasteiger partial charge in [-0.25, -0.2) is 0 Å². The molecule has 2 fully saturated rings. The number of hydrogen-bond donors (Lipinski definition) is 1. The van der Waals surface area contributed by atoms with E-state index in [0.717, 1.165) is 0 Å². The van der Waals surface area contributed by atoms with E-state index in [0.29, 0.717) is 13.0 Å². The van der Waals surface area contributed by atoms with Gasteiger partial charge in [-0.05, 0) is 7.05 Å². The molecular weight excluding hydrogens is 182 g/mol. The second kappa shape index (κ2) is 3.03. The SMILES string of the molecule is CN1C(=O)CC2C(N)CN(C)C2C1=O. The van der Waals surface area contributed by atoms with Crippen molar-refractivity contribution in [1.82, 2.24) is 9.80 Å². The van der Waals surface area contributed by atoms with Gasteiger partial charge in [0.2, 0.25) is 11.8 Å². The Morgan fingerprint density at radius 2 is 2.00 bits per heavy atom. The maximum atomic E-state index is 11.8. The molecule has 0 aromatic rings. The molecule has 2 N–H and O–H groups in total. The van der Waals surface area contributed by atoms with Crippen LogP contribution in [0, 0.1) is 5.92 Å². The zero-order valence-corrected chi connectivity index (χ0v) is 8.43. The van der Waals surface area contributed by atoms with Crippen LogP contribution in [0.1, 0.15) is 6.42 Å². The summed E-state index contributed by atoms with van der Waals surface area (Å²) in [6, 6.07) is -0.237. The summed E-state index contributed by atoms with van der Waals surface area (Å²) in [4.78, 5) is 26.4. The van der Waals surface area contributed by atoms with E-state index < -0.39 is 0 Å². The van der Waals surface area contributed by atoms with Crippen LogP contribution in [0.3, 0.4) is 0 Å². The lowest BCUT2D eigenvalue weighted by Crippen LogP contribution is -2.54. The monoisotopic (exact) mass is 197 g/mol. The summed E-state index contributed by atoms with van der Waals surface area (Å²) in [7, 11) is 3.42. The molecule has 0 spiro atoms. The van der Waals surface area contributed by atoms with E-state index in [1.165, 1.54) is 4.90 Å². The largest absolute Gasteiger partial charge is 0.326 e. The number of likely N-dealkylation sites (tertiary alicyclic amines) is 2. The second-order valence-electron chi connectivity index (χ2n) is 4.21. The number of carbonyl (C=O) groups is 2. The normalized spacial score (nSPS) is 39.1. The Bertz CT molecular complexity index is 292. The minimum absolute atomic E-state index is 0.0104. The van der Waals surface area contributed by atoms with Crippen molar-refractivity contribution in [3.05, 3.63) is 0 Å². The van der Waals surface area contributed by atoms with Gasteiger partial charge in [0.15, 0.2) is 0 Å². The Balaban J connectivity index is 2.28. The molecule has 0 bridgehead atoms. The van der Waals surface area contributed by atoms with Gasteiger partial charge in [0.05, 0.1) is 6.04 Å². The van der Waals surface area contributed by atoms with Gasteiger partial charge in [-0.3, -0.25) is 19.4 Å². The van der Waals surface area contributed by atoms with Gasteiger partial charge >= 0.3 is 0 Å². The second-order valence-corrected chi connectivity index (χ2v) is 4.21. The minimum atomic E-state index is -0.187. The fourth-order valence-corrected chi connectivity index (χ4v) is 2.44. The van der Waals surface area contributed by atoms with Crippen molar-refractivity contribution in [3.8, 4) is 0 Å². The number of piperidine rings is 1. The highest BCUT2D eigenvalue weighted by Crippen LogP contribution is 2.30. The van der Waals surface area contributed by atoms with Gasteiger partial charge in [0.1, 0.15) is 0 Å². The van der Waals surface area contributed by atoms with Crippen LogP contribution in [0.4, 0.5) is 0 Å². The third kappa shape index (κ3) is 1.16. The van der Waals surface area contributed by atoms with Crippen LogP contribution in [0.2, 0.25) is 0 Å². The summed E-state index contributed by atoms with van der Waals surface area (Å²) in [6.45, 7) is 0.697. The molecule has 0 saturated carbocycles. The molecule has 2 amide bonds. The van der Waals surface area contributed by atoms with Gasteiger partial charge in [-0.1, -0.05) is 0 Å². The molecule has 0 aliphatic carbocycles. The van der Waals surface area contributed by atoms with Crippen LogP contribution in [0.25, 0.3) is 0 Å². The molecule has 2 rings (SSSR count). The Kier molecular flexibility index (Phi) is 2.08. The molecule has 0 aromatic carbocycles. The predicted octanol–water partition coefficient (Wildman–Crippen LogP) is -1.37. The molecule has 0 aromatic heterocycles. The van der Waals surface area contributed by atoms with E-state index in [9.17, 15) is 9.59 Å². The van der Waals surface area contributed by atoms with Crippen LogP contribution in [0.5, 0.6) is 0 Å². The molecule has 14 heavy (non-hydrogen) atoms. The van der Waals surface area contributed by atoms with Gasteiger partial charge in [0, 0.05) is 32.0 Å². The number of nitrogens with zero attached hydrogens (tertiary/aromatic N) is 2. The van der Waals surface area contributed by atoms with Gasteiger partial charge in [-0.2, -0.15) is 0 Å². The first-order chi connectivity index (χ1) is 6.52. The van der Waals surface area contributed by atoms with Gasteiger partial charge < -0.3 is 5.73 Å². The maximum absolute atomic E-state index is 11.8. The average Bonchev–Trinajstić information content (AvgIpc) is 2.38. The Hall–Kier alpha value is -0.940. The number of nitrogens with two attached hydrogens (primary N) is 1. The Labute approximate surface area is 82.8 Å². The van der Waals surface area contributed by atoms with Gasteiger partial charge in [0.25, 0.3) is 0 Å². The van der Waals surface area contributed by atoms with E-state index in [-0.39, 0.29) is 29.8 Å². The highest BCUT2D eigenvalue weighted by molar-refractivity contribution is 6.00. The lowest BCUT2D eigenvalue weighted by atomic mass is 9.88.